The number of rotatable bonds is 9. The molecule has 4 heterocycles. The minimum Gasteiger partial charge on any atom is -0.209 e. The summed E-state index contributed by atoms with van der Waals surface area (Å²) in [7, 11) is 0. The van der Waals surface area contributed by atoms with E-state index in [1.54, 1.807) is 0 Å². The highest BCUT2D eigenvalue weighted by molar-refractivity contribution is 7.26. The number of nitrogens with zero attached hydrogens (tertiary/aromatic N) is 6. The molecule has 0 amide bonds. The second-order valence-electron chi connectivity index (χ2n) is 27.2. The van der Waals surface area contributed by atoms with Crippen molar-refractivity contribution in [1.82, 2.24) is 29.9 Å². The van der Waals surface area contributed by atoms with Gasteiger partial charge in [0, 0.05) is 68.2 Å². The van der Waals surface area contributed by atoms with Crippen molar-refractivity contribution in [3.05, 3.63) is 234 Å². The quantitative estimate of drug-likeness (QED) is 0.143. The van der Waals surface area contributed by atoms with Crippen molar-refractivity contribution in [1.29, 1.82) is 0 Å². The van der Waals surface area contributed by atoms with Crippen LogP contribution in [0, 0.1) is 0 Å². The van der Waals surface area contributed by atoms with E-state index in [0.717, 1.165) is 81.8 Å². The monoisotopic (exact) mass is 1170 g/mol. The average molecular weight is 1180 g/mol. The van der Waals surface area contributed by atoms with Crippen molar-refractivity contribution < 1.29 is 0 Å². The van der Waals surface area contributed by atoms with Crippen molar-refractivity contribution >= 4 is 68.6 Å². The Labute approximate surface area is 522 Å². The summed E-state index contributed by atoms with van der Waals surface area (Å²) in [6.07, 6.45) is 10.6. The summed E-state index contributed by atoms with van der Waals surface area (Å²) in [5.74, 6) is 4.18. The molecule has 0 saturated heterocycles. The fraction of sp³-hybridized carbons (Fsp3) is 0.200. The molecule has 3 aliphatic rings. The summed E-state index contributed by atoms with van der Waals surface area (Å²) in [5.41, 5.74) is 19.2. The molecule has 88 heavy (non-hydrogen) atoms. The Kier molecular flexibility index (Phi) is 12.5. The Morgan fingerprint density at radius 2 is 0.727 bits per heavy atom. The molecular weight excluding hydrogens is 1110 g/mol. The fourth-order valence-corrected chi connectivity index (χ4v) is 17.6. The Hall–Kier alpha value is -9.08. The minimum atomic E-state index is 0.0584. The molecule has 13 aromatic rings. The summed E-state index contributed by atoms with van der Waals surface area (Å²) in [4.78, 5) is 30.9. The first-order valence-electron chi connectivity index (χ1n) is 30.9. The van der Waals surface area contributed by atoms with Gasteiger partial charge in [-0.25, -0.2) is 29.9 Å². The van der Waals surface area contributed by atoms with Crippen LogP contribution in [0.3, 0.4) is 0 Å². The van der Waals surface area contributed by atoms with Crippen molar-refractivity contribution in [2.75, 3.05) is 0 Å². The first-order valence-corrected chi connectivity index (χ1v) is 32.5. The van der Waals surface area contributed by atoms with E-state index in [-0.39, 0.29) is 21.7 Å². The molecule has 0 spiro atoms. The number of aromatic nitrogens is 6. The molecule has 0 radical (unpaired) electrons. The van der Waals surface area contributed by atoms with Crippen LogP contribution in [0.5, 0.6) is 0 Å². The van der Waals surface area contributed by atoms with Crippen molar-refractivity contribution in [3.63, 3.8) is 0 Å². The molecule has 4 aromatic heterocycles. The maximum Gasteiger partial charge on any atom is 0.164 e. The standard InChI is InChI=1S/C80H66N6S2/c1-77(2)45-79(5,6)65-43-55(33-37-63(65)77)75-83-71(49-17-11-9-12-18-49)81-73(85-75)51-29-25-47(26-30-51)53-35-39-67-61(41-53)59-24-16-22-58(70(59)88-67)54-36-40-68-62(42-54)60-23-15-21-57(69(60)87-68)48-27-31-52(32-28-48)74-82-72(50-19-13-10-14-20-50)84-76(86-74)56-34-38-64-66(44-56)80(7,8)46-78(64,3)4/h9-11,13-17,19-44H,12,18,45-46H2,1-8H3. The van der Waals surface area contributed by atoms with Gasteiger partial charge in [-0.15, -0.1) is 22.7 Å². The van der Waals surface area contributed by atoms with Crippen LogP contribution >= 0.6 is 22.7 Å². The van der Waals surface area contributed by atoms with Gasteiger partial charge in [0.1, 0.15) is 0 Å². The van der Waals surface area contributed by atoms with Crippen LogP contribution in [0.25, 0.3) is 136 Å². The topological polar surface area (TPSA) is 77.3 Å². The number of fused-ring (bicyclic) bond motifs is 8. The predicted octanol–water partition coefficient (Wildman–Crippen LogP) is 21.8. The summed E-state index contributed by atoms with van der Waals surface area (Å²) in [6, 6.07) is 69.0. The Bertz CT molecular complexity index is 5080. The van der Waals surface area contributed by atoms with Gasteiger partial charge in [-0.05, 0) is 145 Å². The molecule has 0 N–H and O–H groups in total. The summed E-state index contributed by atoms with van der Waals surface area (Å²) in [5, 5.41) is 5.08. The van der Waals surface area contributed by atoms with Crippen LogP contribution in [0.1, 0.15) is 109 Å². The van der Waals surface area contributed by atoms with Gasteiger partial charge in [0.2, 0.25) is 0 Å². The Morgan fingerprint density at radius 3 is 1.24 bits per heavy atom. The van der Waals surface area contributed by atoms with Crippen LogP contribution in [0.2, 0.25) is 0 Å². The number of allylic oxidation sites excluding steroid dienone is 4. The van der Waals surface area contributed by atoms with E-state index in [1.807, 2.05) is 40.9 Å². The SMILES string of the molecule is CC1(C)CC(C)(C)c2cc(-c3nc(C4=CC=CCC4)nc(-c4ccc(-c5ccc6sc7c(-c8ccc9sc%10c(-c%11ccc(-c%12nc(-c%13ccccc%13)nc(-c%13ccc%14c(c%13)C(C)(C)CC%14(C)C)n%12)cc%11)cccc%10c9c8)cccc7c6c5)cc4)n3)ccc21. The van der Waals surface area contributed by atoms with Gasteiger partial charge in [0.05, 0.1) is 0 Å². The molecule has 0 unspecified atom stereocenters. The number of hydrogen-bond acceptors (Lipinski definition) is 8. The average Bonchev–Trinajstić information content (AvgIpc) is 1.94. The van der Waals surface area contributed by atoms with E-state index in [9.17, 15) is 0 Å². The van der Waals surface area contributed by atoms with Crippen molar-refractivity contribution in [2.45, 2.75) is 103 Å². The molecule has 0 fully saturated rings. The first-order chi connectivity index (χ1) is 42.5. The van der Waals surface area contributed by atoms with E-state index in [1.165, 1.54) is 84.9 Å². The lowest BCUT2D eigenvalue weighted by atomic mass is 9.82. The van der Waals surface area contributed by atoms with Gasteiger partial charge < -0.3 is 0 Å². The highest BCUT2D eigenvalue weighted by Gasteiger charge is 2.43. The minimum absolute atomic E-state index is 0.0584. The van der Waals surface area contributed by atoms with E-state index < -0.39 is 0 Å². The van der Waals surface area contributed by atoms with Gasteiger partial charge in [-0.3, -0.25) is 0 Å². The molecule has 0 atom stereocenters. The molecule has 6 nitrogen and oxygen atoms in total. The van der Waals surface area contributed by atoms with Crippen LogP contribution in [-0.2, 0) is 21.7 Å². The van der Waals surface area contributed by atoms with E-state index in [2.05, 4.69) is 243 Å². The highest BCUT2D eigenvalue weighted by Crippen LogP contribution is 2.52. The first kappa shape index (κ1) is 54.3. The summed E-state index contributed by atoms with van der Waals surface area (Å²) in [6.45, 7) is 18.9. The maximum atomic E-state index is 5.20. The molecule has 16 rings (SSSR count). The molecule has 0 aliphatic heterocycles. The van der Waals surface area contributed by atoms with Gasteiger partial charge in [0.15, 0.2) is 34.9 Å². The second-order valence-corrected chi connectivity index (χ2v) is 29.3. The maximum absolute atomic E-state index is 5.20. The van der Waals surface area contributed by atoms with Crippen LogP contribution in [-0.4, -0.2) is 29.9 Å². The zero-order valence-corrected chi connectivity index (χ0v) is 52.6. The molecule has 8 heteroatoms. The third kappa shape index (κ3) is 9.25. The lowest BCUT2D eigenvalue weighted by Crippen LogP contribution is -2.18. The molecule has 9 aromatic carbocycles. The van der Waals surface area contributed by atoms with E-state index in [0.29, 0.717) is 23.3 Å². The van der Waals surface area contributed by atoms with Gasteiger partial charge >= 0.3 is 0 Å². The van der Waals surface area contributed by atoms with Crippen LogP contribution in [0.15, 0.2) is 206 Å². The predicted molar refractivity (Wildman–Crippen MR) is 370 cm³/mol. The number of thiophene rings is 2. The third-order valence-electron chi connectivity index (χ3n) is 19.1. The smallest absolute Gasteiger partial charge is 0.164 e. The van der Waals surface area contributed by atoms with Crippen LogP contribution < -0.4 is 0 Å². The summed E-state index contributed by atoms with van der Waals surface area (Å²) < 4.78 is 5.12. The highest BCUT2D eigenvalue weighted by atomic mass is 32.1. The van der Waals surface area contributed by atoms with Gasteiger partial charge in [-0.2, -0.15) is 0 Å². The summed E-state index contributed by atoms with van der Waals surface area (Å²) >= 11 is 3.74. The molecule has 0 saturated carbocycles. The molecule has 428 valence electrons. The second kappa shape index (κ2) is 20.2. The van der Waals surface area contributed by atoms with Gasteiger partial charge in [0.25, 0.3) is 0 Å². The molecule has 0 bridgehead atoms. The van der Waals surface area contributed by atoms with Crippen molar-refractivity contribution in [2.24, 2.45) is 0 Å². The Balaban J connectivity index is 0.696. The lowest BCUT2D eigenvalue weighted by molar-refractivity contribution is 0.402. The zero-order valence-electron chi connectivity index (χ0n) is 51.0. The lowest BCUT2D eigenvalue weighted by Gasteiger charge is -2.22. The normalized spacial score (nSPS) is 16.2. The fourth-order valence-electron chi connectivity index (χ4n) is 15.2. The van der Waals surface area contributed by atoms with Gasteiger partial charge in [-0.1, -0.05) is 225 Å². The number of benzene rings is 9. The molecular formula is C80H66N6S2. The third-order valence-corrected chi connectivity index (χ3v) is 21.5. The zero-order chi connectivity index (χ0) is 59.8. The largest absolute Gasteiger partial charge is 0.209 e. The molecule has 3 aliphatic carbocycles. The van der Waals surface area contributed by atoms with E-state index in [4.69, 9.17) is 29.9 Å². The number of hydrogen-bond donors (Lipinski definition) is 0. The van der Waals surface area contributed by atoms with Crippen molar-refractivity contribution in [3.8, 4) is 90.3 Å². The Morgan fingerprint density at radius 1 is 0.318 bits per heavy atom. The van der Waals surface area contributed by atoms with E-state index >= 15 is 0 Å². The van der Waals surface area contributed by atoms with Crippen LogP contribution in [0.4, 0.5) is 0 Å².